The van der Waals surface area contributed by atoms with Crippen molar-refractivity contribution in [2.24, 2.45) is 11.8 Å². The number of nitrogens with one attached hydrogen (secondary N) is 2. The van der Waals surface area contributed by atoms with Gasteiger partial charge in [-0.3, -0.25) is 0 Å². The van der Waals surface area contributed by atoms with Crippen LogP contribution in [0.2, 0.25) is 0 Å². The first-order valence-corrected chi connectivity index (χ1v) is 10.2. The Balaban J connectivity index is 1.91. The fourth-order valence-electron chi connectivity index (χ4n) is 4.05. The molecule has 1 aliphatic carbocycles. The number of likely N-dealkylation sites (N-methyl/N-ethyl adjacent to an activating group) is 1. The van der Waals surface area contributed by atoms with Gasteiger partial charge in [0.1, 0.15) is 0 Å². The van der Waals surface area contributed by atoms with Crippen molar-refractivity contribution in [1.29, 1.82) is 0 Å². The molecule has 0 aliphatic heterocycles. The van der Waals surface area contributed by atoms with E-state index in [0.29, 0.717) is 5.92 Å². The topological polar surface area (TPSA) is 44.4 Å². The van der Waals surface area contributed by atoms with Crippen LogP contribution >= 0.6 is 0 Å². The second-order valence-corrected chi connectivity index (χ2v) is 8.60. The fourth-order valence-corrected chi connectivity index (χ4v) is 4.05. The number of hydrogen-bond acceptors (Lipinski definition) is 2. The highest BCUT2D eigenvalue weighted by Gasteiger charge is 2.21. The molecule has 0 spiro atoms. The first-order valence-electron chi connectivity index (χ1n) is 10.2. The molecule has 1 saturated carbocycles. The van der Waals surface area contributed by atoms with Gasteiger partial charge >= 0.3 is 6.03 Å². The van der Waals surface area contributed by atoms with E-state index in [1.165, 1.54) is 37.7 Å². The van der Waals surface area contributed by atoms with Gasteiger partial charge in [0, 0.05) is 18.3 Å². The van der Waals surface area contributed by atoms with Gasteiger partial charge in [0.25, 0.3) is 0 Å². The van der Waals surface area contributed by atoms with Gasteiger partial charge in [0.15, 0.2) is 0 Å². The lowest BCUT2D eigenvalue weighted by molar-refractivity contribution is 0.231. The minimum absolute atomic E-state index is 0.0886. The molecule has 4 nitrogen and oxygen atoms in total. The van der Waals surface area contributed by atoms with Crippen LogP contribution in [-0.4, -0.2) is 37.6 Å². The number of rotatable bonds is 8. The lowest BCUT2D eigenvalue weighted by Crippen LogP contribution is -2.44. The van der Waals surface area contributed by atoms with Crippen LogP contribution in [0.4, 0.5) is 10.5 Å². The first-order chi connectivity index (χ1) is 12.4. The molecule has 0 heterocycles. The number of hydrogen-bond donors (Lipinski definition) is 2. The minimum atomic E-state index is -0.0886. The highest BCUT2D eigenvalue weighted by atomic mass is 16.2. The average Bonchev–Trinajstić information content (AvgIpc) is 2.54. The summed E-state index contributed by atoms with van der Waals surface area (Å²) in [6.07, 6.45) is 8.79. The van der Waals surface area contributed by atoms with E-state index >= 15 is 0 Å². The summed E-state index contributed by atoms with van der Waals surface area (Å²) in [6.45, 7) is 5.31. The normalized spacial score (nSPS) is 16.7. The molecule has 2 N–H and O–H groups in total. The number of carbonyl (C=O) groups excluding carboxylic acids is 1. The summed E-state index contributed by atoms with van der Waals surface area (Å²) >= 11 is 0. The lowest BCUT2D eigenvalue weighted by Gasteiger charge is -2.29. The number of benzene rings is 1. The standard InChI is InChI=1S/C22H37N3O/c1-17(2)13-19-11-8-12-20(15-19)23-22(26)24-21(16-25(3)4)14-18-9-6-5-7-10-18/h8,11-12,15,17-18,21H,5-7,9-10,13-14,16H2,1-4H3,(H2,23,24,26)/t21-/m0/s1. The van der Waals surface area contributed by atoms with Crippen LogP contribution in [0.15, 0.2) is 24.3 Å². The summed E-state index contributed by atoms with van der Waals surface area (Å²) < 4.78 is 0. The molecule has 0 saturated heterocycles. The maximum atomic E-state index is 12.5. The van der Waals surface area contributed by atoms with Gasteiger partial charge in [-0.15, -0.1) is 0 Å². The maximum absolute atomic E-state index is 12.5. The number of carbonyl (C=O) groups is 1. The van der Waals surface area contributed by atoms with E-state index in [9.17, 15) is 4.79 Å². The van der Waals surface area contributed by atoms with E-state index in [1.807, 2.05) is 12.1 Å². The van der Waals surface area contributed by atoms with Crippen molar-refractivity contribution in [3.63, 3.8) is 0 Å². The molecule has 1 atom stereocenters. The number of anilines is 1. The second-order valence-electron chi connectivity index (χ2n) is 8.60. The molecule has 0 bridgehead atoms. The van der Waals surface area contributed by atoms with E-state index in [1.54, 1.807) is 0 Å². The monoisotopic (exact) mass is 359 g/mol. The van der Waals surface area contributed by atoms with E-state index in [-0.39, 0.29) is 12.1 Å². The SMILES string of the molecule is CC(C)Cc1cccc(NC(=O)N[C@@H](CC2CCCCC2)CN(C)C)c1. The average molecular weight is 360 g/mol. The maximum Gasteiger partial charge on any atom is 0.319 e. The predicted octanol–water partition coefficient (Wildman–Crippen LogP) is 4.91. The summed E-state index contributed by atoms with van der Waals surface area (Å²) in [5, 5.41) is 6.24. The first kappa shape index (κ1) is 20.8. The zero-order valence-corrected chi connectivity index (χ0v) is 17.1. The zero-order chi connectivity index (χ0) is 18.9. The molecule has 1 fully saturated rings. The minimum Gasteiger partial charge on any atom is -0.334 e. The Bertz CT molecular complexity index is 550. The Morgan fingerprint density at radius 2 is 1.92 bits per heavy atom. The molecular formula is C22H37N3O. The van der Waals surface area contributed by atoms with Crippen molar-refractivity contribution < 1.29 is 4.79 Å². The van der Waals surface area contributed by atoms with Crippen molar-refractivity contribution in [2.75, 3.05) is 26.0 Å². The third-order valence-electron chi connectivity index (χ3n) is 5.09. The predicted molar refractivity (Wildman–Crippen MR) is 111 cm³/mol. The van der Waals surface area contributed by atoms with Gasteiger partial charge in [0.2, 0.25) is 0 Å². The van der Waals surface area contributed by atoms with Gasteiger partial charge < -0.3 is 15.5 Å². The third-order valence-corrected chi connectivity index (χ3v) is 5.09. The van der Waals surface area contributed by atoms with Crippen LogP contribution in [-0.2, 0) is 6.42 Å². The summed E-state index contributed by atoms with van der Waals surface area (Å²) in [4.78, 5) is 14.7. The van der Waals surface area contributed by atoms with Gasteiger partial charge in [-0.2, -0.15) is 0 Å². The van der Waals surface area contributed by atoms with Crippen molar-refractivity contribution in [3.05, 3.63) is 29.8 Å². The molecule has 1 aliphatic rings. The fraction of sp³-hybridized carbons (Fsp3) is 0.682. The molecule has 1 aromatic rings. The highest BCUT2D eigenvalue weighted by Crippen LogP contribution is 2.27. The Hall–Kier alpha value is -1.55. The van der Waals surface area contributed by atoms with Gasteiger partial charge in [-0.25, -0.2) is 4.79 Å². The van der Waals surface area contributed by atoms with Crippen LogP contribution in [0, 0.1) is 11.8 Å². The largest absolute Gasteiger partial charge is 0.334 e. The molecule has 0 radical (unpaired) electrons. The van der Waals surface area contributed by atoms with E-state index in [4.69, 9.17) is 0 Å². The molecule has 0 unspecified atom stereocenters. The lowest BCUT2D eigenvalue weighted by atomic mass is 9.84. The summed E-state index contributed by atoms with van der Waals surface area (Å²) in [6, 6.07) is 8.31. The Kier molecular flexibility index (Phi) is 8.43. The smallest absolute Gasteiger partial charge is 0.319 e. The van der Waals surface area contributed by atoms with E-state index < -0.39 is 0 Å². The van der Waals surface area contributed by atoms with Gasteiger partial charge in [-0.05, 0) is 56.5 Å². The highest BCUT2D eigenvalue weighted by molar-refractivity contribution is 5.89. The zero-order valence-electron chi connectivity index (χ0n) is 17.1. The summed E-state index contributed by atoms with van der Waals surface area (Å²) in [5.74, 6) is 1.36. The Labute approximate surface area is 159 Å². The molecule has 26 heavy (non-hydrogen) atoms. The van der Waals surface area contributed by atoms with Crippen LogP contribution in [0.5, 0.6) is 0 Å². The van der Waals surface area contributed by atoms with Crippen LogP contribution in [0.1, 0.15) is 57.9 Å². The third kappa shape index (κ3) is 7.77. The molecule has 146 valence electrons. The summed E-state index contributed by atoms with van der Waals surface area (Å²) in [5.41, 5.74) is 2.15. The molecule has 1 aromatic carbocycles. The molecule has 4 heteroatoms. The number of urea groups is 1. The van der Waals surface area contributed by atoms with Crippen LogP contribution < -0.4 is 10.6 Å². The number of amides is 2. The van der Waals surface area contributed by atoms with E-state index in [2.05, 4.69) is 55.6 Å². The van der Waals surface area contributed by atoms with Gasteiger partial charge in [-0.1, -0.05) is 58.1 Å². The summed E-state index contributed by atoms with van der Waals surface area (Å²) in [7, 11) is 4.14. The van der Waals surface area contributed by atoms with Crippen LogP contribution in [0.25, 0.3) is 0 Å². The Morgan fingerprint density at radius 3 is 2.58 bits per heavy atom. The van der Waals surface area contributed by atoms with E-state index in [0.717, 1.165) is 31.0 Å². The van der Waals surface area contributed by atoms with Crippen molar-refractivity contribution in [3.8, 4) is 0 Å². The Morgan fingerprint density at radius 1 is 1.19 bits per heavy atom. The van der Waals surface area contributed by atoms with Crippen LogP contribution in [0.3, 0.4) is 0 Å². The quantitative estimate of drug-likeness (QED) is 0.693. The second kappa shape index (κ2) is 10.6. The van der Waals surface area contributed by atoms with Crippen molar-refractivity contribution in [2.45, 2.75) is 64.8 Å². The van der Waals surface area contributed by atoms with Crippen molar-refractivity contribution >= 4 is 11.7 Å². The van der Waals surface area contributed by atoms with Gasteiger partial charge in [0.05, 0.1) is 0 Å². The molecule has 2 rings (SSSR count). The number of nitrogens with zero attached hydrogens (tertiary/aromatic N) is 1. The molecular weight excluding hydrogens is 322 g/mol. The molecule has 0 aromatic heterocycles. The molecule has 2 amide bonds. The van der Waals surface area contributed by atoms with Crippen molar-refractivity contribution in [1.82, 2.24) is 10.2 Å².